The molecule has 5 nitrogen and oxygen atoms in total. The van der Waals surface area contributed by atoms with E-state index in [-0.39, 0.29) is 5.41 Å². The van der Waals surface area contributed by atoms with E-state index in [4.69, 9.17) is 5.73 Å². The van der Waals surface area contributed by atoms with Crippen LogP contribution < -0.4 is 10.5 Å². The summed E-state index contributed by atoms with van der Waals surface area (Å²) in [7, 11) is -3.43. The predicted molar refractivity (Wildman–Crippen MR) is 86.5 cm³/mol. The lowest BCUT2D eigenvalue weighted by atomic mass is 9.85. The molecule has 0 unspecified atom stereocenters. The summed E-state index contributed by atoms with van der Waals surface area (Å²) in [5.74, 6) is 0. The normalized spacial score (nSPS) is 17.7. The van der Waals surface area contributed by atoms with Crippen LogP contribution >= 0.6 is 0 Å². The highest BCUT2D eigenvalue weighted by Crippen LogP contribution is 2.24. The molecule has 0 aromatic heterocycles. The molecule has 1 aromatic rings. The Kier molecular flexibility index (Phi) is 4.91. The lowest BCUT2D eigenvalue weighted by molar-refractivity contribution is 0.349. The van der Waals surface area contributed by atoms with Crippen LogP contribution in [-0.4, -0.2) is 32.4 Å². The molecular weight excluding hydrogens is 286 g/mol. The summed E-state index contributed by atoms with van der Waals surface area (Å²) >= 11 is 0. The summed E-state index contributed by atoms with van der Waals surface area (Å²) in [5.41, 5.74) is 7.35. The Balaban J connectivity index is 2.09. The quantitative estimate of drug-likeness (QED) is 0.874. The average Bonchev–Trinajstić information content (AvgIpc) is 2.48. The van der Waals surface area contributed by atoms with Gasteiger partial charge >= 0.3 is 10.2 Å². The molecule has 0 amide bonds. The minimum atomic E-state index is -3.43. The second kappa shape index (κ2) is 6.34. The van der Waals surface area contributed by atoms with Crippen LogP contribution in [0.4, 0.5) is 5.69 Å². The first-order chi connectivity index (χ1) is 9.85. The van der Waals surface area contributed by atoms with Gasteiger partial charge in [-0.15, -0.1) is 0 Å². The molecule has 0 radical (unpaired) electrons. The van der Waals surface area contributed by atoms with Gasteiger partial charge in [-0.05, 0) is 30.5 Å². The van der Waals surface area contributed by atoms with Gasteiger partial charge in [-0.25, -0.2) is 0 Å². The molecule has 1 aliphatic rings. The SMILES string of the molecule is CC(C)(CN)c1ccc(NS(=O)(=O)N2CCCCC2)cc1. The Morgan fingerprint density at radius 1 is 1.14 bits per heavy atom. The van der Waals surface area contributed by atoms with Crippen LogP contribution in [-0.2, 0) is 15.6 Å². The van der Waals surface area contributed by atoms with Crippen LogP contribution in [0.15, 0.2) is 24.3 Å². The third-order valence-corrected chi connectivity index (χ3v) is 5.62. The van der Waals surface area contributed by atoms with E-state index >= 15 is 0 Å². The number of nitrogens with two attached hydrogens (primary N) is 1. The lowest BCUT2D eigenvalue weighted by Crippen LogP contribution is -2.39. The number of nitrogens with zero attached hydrogens (tertiary/aromatic N) is 1. The average molecular weight is 311 g/mol. The number of benzene rings is 1. The van der Waals surface area contributed by atoms with E-state index < -0.39 is 10.2 Å². The first-order valence-corrected chi connectivity index (χ1v) is 8.88. The minimum Gasteiger partial charge on any atom is -0.330 e. The maximum atomic E-state index is 12.3. The van der Waals surface area contributed by atoms with Crippen molar-refractivity contribution in [2.24, 2.45) is 5.73 Å². The highest BCUT2D eigenvalue weighted by molar-refractivity contribution is 7.90. The molecule has 0 spiro atoms. The zero-order valence-electron chi connectivity index (χ0n) is 12.8. The summed E-state index contributed by atoms with van der Waals surface area (Å²) in [4.78, 5) is 0. The summed E-state index contributed by atoms with van der Waals surface area (Å²) < 4.78 is 28.7. The molecule has 2 rings (SSSR count). The topological polar surface area (TPSA) is 75.4 Å². The van der Waals surface area contributed by atoms with Crippen molar-refractivity contribution in [2.45, 2.75) is 38.5 Å². The maximum Gasteiger partial charge on any atom is 0.301 e. The van der Waals surface area contributed by atoms with Gasteiger partial charge in [0.25, 0.3) is 0 Å². The molecule has 1 fully saturated rings. The van der Waals surface area contributed by atoms with Gasteiger partial charge in [-0.2, -0.15) is 12.7 Å². The van der Waals surface area contributed by atoms with Crippen molar-refractivity contribution in [2.75, 3.05) is 24.4 Å². The third-order valence-electron chi connectivity index (χ3n) is 4.08. The molecule has 0 aliphatic carbocycles. The van der Waals surface area contributed by atoms with Crippen molar-refractivity contribution in [3.8, 4) is 0 Å². The Morgan fingerprint density at radius 3 is 2.24 bits per heavy atom. The Hall–Kier alpha value is -1.11. The largest absolute Gasteiger partial charge is 0.330 e. The molecule has 21 heavy (non-hydrogen) atoms. The Morgan fingerprint density at radius 2 is 1.71 bits per heavy atom. The summed E-state index contributed by atoms with van der Waals surface area (Å²) in [5, 5.41) is 0. The van der Waals surface area contributed by atoms with Crippen LogP contribution in [0.1, 0.15) is 38.7 Å². The van der Waals surface area contributed by atoms with Crippen LogP contribution in [0.5, 0.6) is 0 Å². The standard InChI is InChI=1S/C15H25N3O2S/c1-15(2,12-16)13-6-8-14(9-7-13)17-21(19,20)18-10-4-3-5-11-18/h6-9,17H,3-5,10-12,16H2,1-2H3. The zero-order chi connectivity index (χ0) is 15.5. The van der Waals surface area contributed by atoms with Gasteiger partial charge in [-0.3, -0.25) is 4.72 Å². The number of nitrogens with one attached hydrogen (secondary N) is 1. The first kappa shape index (κ1) is 16.3. The second-order valence-corrected chi connectivity index (χ2v) is 7.90. The van der Waals surface area contributed by atoms with E-state index in [1.54, 1.807) is 12.1 Å². The van der Waals surface area contributed by atoms with Gasteiger partial charge in [0.2, 0.25) is 0 Å². The number of anilines is 1. The van der Waals surface area contributed by atoms with Crippen molar-refractivity contribution < 1.29 is 8.42 Å². The van der Waals surface area contributed by atoms with E-state index in [1.807, 2.05) is 12.1 Å². The number of rotatable bonds is 5. The highest BCUT2D eigenvalue weighted by atomic mass is 32.2. The number of hydrogen-bond acceptors (Lipinski definition) is 3. The van der Waals surface area contributed by atoms with Crippen LogP contribution in [0.25, 0.3) is 0 Å². The van der Waals surface area contributed by atoms with Crippen molar-refractivity contribution >= 4 is 15.9 Å². The van der Waals surface area contributed by atoms with E-state index in [0.29, 0.717) is 25.3 Å². The fraction of sp³-hybridized carbons (Fsp3) is 0.600. The van der Waals surface area contributed by atoms with Gasteiger partial charge in [0.1, 0.15) is 0 Å². The van der Waals surface area contributed by atoms with Crippen LogP contribution in [0.2, 0.25) is 0 Å². The van der Waals surface area contributed by atoms with Crippen molar-refractivity contribution in [3.63, 3.8) is 0 Å². The Bertz CT molecular complexity index is 561. The number of piperidine rings is 1. The molecule has 0 saturated carbocycles. The molecule has 6 heteroatoms. The Labute approximate surface area is 127 Å². The summed E-state index contributed by atoms with van der Waals surface area (Å²) in [6.45, 7) is 5.90. The van der Waals surface area contributed by atoms with E-state index in [1.165, 1.54) is 4.31 Å². The molecule has 0 bridgehead atoms. The maximum absolute atomic E-state index is 12.3. The lowest BCUT2D eigenvalue weighted by Gasteiger charge is -2.26. The van der Waals surface area contributed by atoms with Gasteiger partial charge < -0.3 is 5.73 Å². The fourth-order valence-corrected chi connectivity index (χ4v) is 3.73. The van der Waals surface area contributed by atoms with E-state index in [0.717, 1.165) is 24.8 Å². The van der Waals surface area contributed by atoms with E-state index in [9.17, 15) is 8.42 Å². The molecule has 1 aromatic carbocycles. The van der Waals surface area contributed by atoms with Gasteiger partial charge in [0, 0.05) is 30.7 Å². The van der Waals surface area contributed by atoms with Crippen LogP contribution in [0, 0.1) is 0 Å². The van der Waals surface area contributed by atoms with Crippen molar-refractivity contribution in [1.82, 2.24) is 4.31 Å². The molecule has 118 valence electrons. The van der Waals surface area contributed by atoms with E-state index in [2.05, 4.69) is 18.6 Å². The monoisotopic (exact) mass is 311 g/mol. The van der Waals surface area contributed by atoms with Gasteiger partial charge in [0.05, 0.1) is 0 Å². The molecule has 1 aliphatic heterocycles. The predicted octanol–water partition coefficient (Wildman–Crippen LogP) is 2.07. The highest BCUT2D eigenvalue weighted by Gasteiger charge is 2.24. The molecule has 3 N–H and O–H groups in total. The second-order valence-electron chi connectivity index (χ2n) is 6.23. The number of hydrogen-bond donors (Lipinski definition) is 2. The molecule has 0 atom stereocenters. The molecule has 1 saturated heterocycles. The third kappa shape index (κ3) is 3.96. The zero-order valence-corrected chi connectivity index (χ0v) is 13.6. The summed E-state index contributed by atoms with van der Waals surface area (Å²) in [6, 6.07) is 7.46. The van der Waals surface area contributed by atoms with Crippen molar-refractivity contribution in [3.05, 3.63) is 29.8 Å². The van der Waals surface area contributed by atoms with Crippen LogP contribution in [0.3, 0.4) is 0 Å². The minimum absolute atomic E-state index is 0.107. The molecule has 1 heterocycles. The summed E-state index contributed by atoms with van der Waals surface area (Å²) in [6.07, 6.45) is 2.98. The first-order valence-electron chi connectivity index (χ1n) is 7.44. The smallest absolute Gasteiger partial charge is 0.301 e. The van der Waals surface area contributed by atoms with Crippen molar-refractivity contribution in [1.29, 1.82) is 0 Å². The van der Waals surface area contributed by atoms with Gasteiger partial charge in [-0.1, -0.05) is 32.4 Å². The molecular formula is C15H25N3O2S. The fourth-order valence-electron chi connectivity index (χ4n) is 2.43. The van der Waals surface area contributed by atoms with Gasteiger partial charge in [0.15, 0.2) is 0 Å².